The van der Waals surface area contributed by atoms with Crippen LogP contribution in [0, 0.1) is 0 Å². The number of nitrogens with one attached hydrogen (secondary N) is 1. The number of hydrogen-bond donors (Lipinski definition) is 2. The zero-order valence-electron chi connectivity index (χ0n) is 11.6. The molecule has 3 nitrogen and oxygen atoms in total. The molecule has 0 saturated heterocycles. The van der Waals surface area contributed by atoms with Gasteiger partial charge in [-0.3, -0.25) is 4.99 Å². The van der Waals surface area contributed by atoms with Gasteiger partial charge in [0.15, 0.2) is 5.96 Å². The Morgan fingerprint density at radius 1 is 1.26 bits per heavy atom. The summed E-state index contributed by atoms with van der Waals surface area (Å²) in [5.41, 5.74) is 6.96. The lowest BCUT2D eigenvalue weighted by atomic mass is 9.88. The molecule has 0 radical (unpaired) electrons. The van der Waals surface area contributed by atoms with Gasteiger partial charge in [-0.1, -0.05) is 37.5 Å². The summed E-state index contributed by atoms with van der Waals surface area (Å²) in [4.78, 5) is 4.55. The van der Waals surface area contributed by atoms with Crippen LogP contribution in [0.5, 0.6) is 0 Å². The van der Waals surface area contributed by atoms with E-state index in [0.717, 1.165) is 12.2 Å². The summed E-state index contributed by atoms with van der Waals surface area (Å²) >= 11 is 1.95. The molecule has 0 bridgehead atoms. The number of thioether (sulfide) groups is 1. The average molecular weight is 277 g/mol. The molecule has 2 rings (SSSR count). The lowest BCUT2D eigenvalue weighted by Gasteiger charge is -2.34. The topological polar surface area (TPSA) is 50.4 Å². The van der Waals surface area contributed by atoms with Crippen LogP contribution in [0.4, 0.5) is 5.69 Å². The van der Waals surface area contributed by atoms with Gasteiger partial charge in [0.2, 0.25) is 0 Å². The minimum absolute atomic E-state index is 0.307. The van der Waals surface area contributed by atoms with Gasteiger partial charge in [0.05, 0.1) is 6.54 Å². The van der Waals surface area contributed by atoms with Gasteiger partial charge in [0, 0.05) is 10.4 Å². The number of para-hydroxylation sites is 1. The second-order valence-corrected chi connectivity index (χ2v) is 6.41. The van der Waals surface area contributed by atoms with Crippen LogP contribution in [0.25, 0.3) is 0 Å². The molecule has 1 aromatic rings. The van der Waals surface area contributed by atoms with Gasteiger partial charge >= 0.3 is 0 Å². The van der Waals surface area contributed by atoms with Gasteiger partial charge in [-0.25, -0.2) is 0 Å². The predicted molar refractivity (Wildman–Crippen MR) is 85.9 cm³/mol. The maximum absolute atomic E-state index is 5.97. The molecule has 0 heterocycles. The fraction of sp³-hybridized carbons (Fsp3) is 0.533. The van der Waals surface area contributed by atoms with E-state index in [0.29, 0.717) is 10.7 Å². The molecule has 19 heavy (non-hydrogen) atoms. The van der Waals surface area contributed by atoms with Crippen molar-refractivity contribution in [3.8, 4) is 0 Å². The van der Waals surface area contributed by atoms with Crippen molar-refractivity contribution in [3.63, 3.8) is 0 Å². The first-order valence-corrected chi connectivity index (χ1v) is 8.14. The normalized spacial score (nSPS) is 19.1. The molecule has 1 saturated carbocycles. The highest BCUT2D eigenvalue weighted by Crippen LogP contribution is 2.38. The van der Waals surface area contributed by atoms with Gasteiger partial charge in [0.1, 0.15) is 0 Å². The quantitative estimate of drug-likeness (QED) is 0.654. The Morgan fingerprint density at radius 2 is 1.95 bits per heavy atom. The highest BCUT2D eigenvalue weighted by atomic mass is 32.2. The van der Waals surface area contributed by atoms with Crippen molar-refractivity contribution < 1.29 is 0 Å². The largest absolute Gasteiger partial charge is 0.370 e. The minimum atomic E-state index is 0.307. The van der Waals surface area contributed by atoms with Gasteiger partial charge in [-0.2, -0.15) is 11.8 Å². The number of rotatable bonds is 4. The highest BCUT2D eigenvalue weighted by molar-refractivity contribution is 8.00. The van der Waals surface area contributed by atoms with E-state index in [-0.39, 0.29) is 0 Å². The number of nitrogens with zero attached hydrogens (tertiary/aromatic N) is 1. The summed E-state index contributed by atoms with van der Waals surface area (Å²) in [5, 5.41) is 3.14. The average Bonchev–Trinajstić information content (AvgIpc) is 2.47. The molecule has 1 fully saturated rings. The van der Waals surface area contributed by atoms with Gasteiger partial charge < -0.3 is 11.1 Å². The Bertz CT molecular complexity index is 411. The predicted octanol–water partition coefficient (Wildman–Crippen LogP) is 3.48. The summed E-state index contributed by atoms with van der Waals surface area (Å²) in [6.45, 7) is 0.819. The van der Waals surface area contributed by atoms with Crippen molar-refractivity contribution in [3.05, 3.63) is 30.3 Å². The van der Waals surface area contributed by atoms with E-state index in [9.17, 15) is 0 Å². The Balaban J connectivity index is 1.93. The molecule has 3 N–H and O–H groups in total. The SMILES string of the molecule is CSC1(CN=C(N)Nc2ccccc2)CCCCC1. The van der Waals surface area contributed by atoms with Crippen molar-refractivity contribution in [1.82, 2.24) is 0 Å². The Labute approximate surface area is 120 Å². The van der Waals surface area contributed by atoms with Crippen molar-refractivity contribution in [2.45, 2.75) is 36.9 Å². The molecule has 1 aromatic carbocycles. The standard InChI is InChI=1S/C15H23N3S/c1-19-15(10-6-3-7-11-15)12-17-14(16)18-13-8-4-2-5-9-13/h2,4-5,8-9H,3,6-7,10-12H2,1H3,(H3,16,17,18). The van der Waals surface area contributed by atoms with Crippen molar-refractivity contribution in [2.24, 2.45) is 10.7 Å². The van der Waals surface area contributed by atoms with Gasteiger partial charge in [-0.15, -0.1) is 0 Å². The van der Waals surface area contributed by atoms with E-state index >= 15 is 0 Å². The van der Waals surface area contributed by atoms with Crippen molar-refractivity contribution >= 4 is 23.4 Å². The lowest BCUT2D eigenvalue weighted by Crippen LogP contribution is -2.33. The molecular formula is C15H23N3S. The number of guanidine groups is 1. The second kappa shape index (κ2) is 6.85. The van der Waals surface area contributed by atoms with Crippen LogP contribution in [0.1, 0.15) is 32.1 Å². The fourth-order valence-corrected chi connectivity index (χ4v) is 3.45. The smallest absolute Gasteiger partial charge is 0.193 e. The molecule has 1 aliphatic rings. The van der Waals surface area contributed by atoms with Crippen LogP contribution in [0.15, 0.2) is 35.3 Å². The Kier molecular flexibility index (Phi) is 5.14. The highest BCUT2D eigenvalue weighted by Gasteiger charge is 2.30. The Hall–Kier alpha value is -1.16. The molecule has 0 spiro atoms. The summed E-state index contributed by atoms with van der Waals surface area (Å²) in [6, 6.07) is 9.95. The van der Waals surface area contributed by atoms with Gasteiger partial charge in [-0.05, 0) is 31.2 Å². The summed E-state index contributed by atoms with van der Waals surface area (Å²) < 4.78 is 0.307. The van der Waals surface area contributed by atoms with Crippen LogP contribution in [-0.4, -0.2) is 23.5 Å². The van der Waals surface area contributed by atoms with Crippen LogP contribution < -0.4 is 11.1 Å². The van der Waals surface area contributed by atoms with Crippen LogP contribution >= 0.6 is 11.8 Å². The van der Waals surface area contributed by atoms with E-state index < -0.39 is 0 Å². The summed E-state index contributed by atoms with van der Waals surface area (Å²) in [6.07, 6.45) is 8.72. The first kappa shape index (κ1) is 14.3. The zero-order valence-corrected chi connectivity index (χ0v) is 12.4. The zero-order chi connectivity index (χ0) is 13.6. The number of aliphatic imine (C=N–C) groups is 1. The summed E-state index contributed by atoms with van der Waals surface area (Å²) in [7, 11) is 0. The molecule has 0 aliphatic heterocycles. The maximum Gasteiger partial charge on any atom is 0.193 e. The van der Waals surface area contributed by atoms with Crippen LogP contribution in [-0.2, 0) is 0 Å². The fourth-order valence-electron chi connectivity index (χ4n) is 2.56. The van der Waals surface area contributed by atoms with E-state index in [1.807, 2.05) is 42.1 Å². The van der Waals surface area contributed by atoms with Crippen molar-refractivity contribution in [2.75, 3.05) is 18.1 Å². The van der Waals surface area contributed by atoms with E-state index in [1.165, 1.54) is 32.1 Å². The molecule has 0 unspecified atom stereocenters. The molecule has 0 atom stereocenters. The lowest BCUT2D eigenvalue weighted by molar-refractivity contribution is 0.405. The second-order valence-electron chi connectivity index (χ2n) is 5.14. The Morgan fingerprint density at radius 3 is 2.58 bits per heavy atom. The number of nitrogens with two attached hydrogens (primary N) is 1. The number of anilines is 1. The third-order valence-electron chi connectivity index (χ3n) is 3.78. The summed E-state index contributed by atoms with van der Waals surface area (Å²) in [5.74, 6) is 0.519. The third kappa shape index (κ3) is 4.16. The van der Waals surface area contributed by atoms with Gasteiger partial charge in [0.25, 0.3) is 0 Å². The van der Waals surface area contributed by atoms with Crippen LogP contribution in [0.3, 0.4) is 0 Å². The molecule has 0 amide bonds. The van der Waals surface area contributed by atoms with Crippen molar-refractivity contribution in [1.29, 1.82) is 0 Å². The molecule has 0 aromatic heterocycles. The third-order valence-corrected chi connectivity index (χ3v) is 5.18. The van der Waals surface area contributed by atoms with Crippen LogP contribution in [0.2, 0.25) is 0 Å². The molecule has 4 heteroatoms. The first-order valence-electron chi connectivity index (χ1n) is 6.91. The monoisotopic (exact) mass is 277 g/mol. The number of hydrogen-bond acceptors (Lipinski definition) is 2. The molecule has 104 valence electrons. The maximum atomic E-state index is 5.97. The number of benzene rings is 1. The van der Waals surface area contributed by atoms with E-state index in [2.05, 4.69) is 16.6 Å². The molecule has 1 aliphatic carbocycles. The molecular weight excluding hydrogens is 254 g/mol. The first-order chi connectivity index (χ1) is 9.24. The van der Waals surface area contributed by atoms with E-state index in [4.69, 9.17) is 5.73 Å². The van der Waals surface area contributed by atoms with E-state index in [1.54, 1.807) is 0 Å². The minimum Gasteiger partial charge on any atom is -0.370 e.